The topological polar surface area (TPSA) is 75.3 Å². The second kappa shape index (κ2) is 9.27. The van der Waals surface area contributed by atoms with E-state index >= 15 is 0 Å². The van der Waals surface area contributed by atoms with Crippen molar-refractivity contribution in [3.05, 3.63) is 108 Å². The highest BCUT2D eigenvalue weighted by molar-refractivity contribution is 6.10. The SMILES string of the molecule is CC(=O)c1cccc(NC(=O)c2ccccc2NC(=O)Cc2cccc3ccccc23)c1. The molecule has 4 aromatic rings. The fourth-order valence-corrected chi connectivity index (χ4v) is 3.62. The van der Waals surface area contributed by atoms with Crippen LogP contribution in [0.1, 0.15) is 33.2 Å². The summed E-state index contributed by atoms with van der Waals surface area (Å²) in [5.74, 6) is -0.658. The molecule has 32 heavy (non-hydrogen) atoms. The first-order valence-corrected chi connectivity index (χ1v) is 10.3. The molecule has 5 nitrogen and oxygen atoms in total. The molecule has 2 amide bonds. The van der Waals surface area contributed by atoms with Gasteiger partial charge in [0, 0.05) is 11.3 Å². The Kier molecular flexibility index (Phi) is 6.08. The number of rotatable bonds is 6. The molecule has 0 aromatic heterocycles. The van der Waals surface area contributed by atoms with Crippen molar-refractivity contribution in [1.29, 1.82) is 0 Å². The van der Waals surface area contributed by atoms with Gasteiger partial charge in [0.2, 0.25) is 5.91 Å². The minimum Gasteiger partial charge on any atom is -0.325 e. The molecule has 0 aliphatic rings. The number of Topliss-reactive ketones (excluding diaryl/α,β-unsaturated/α-hetero) is 1. The Morgan fingerprint density at radius 1 is 0.750 bits per heavy atom. The van der Waals surface area contributed by atoms with Crippen LogP contribution in [0.25, 0.3) is 10.8 Å². The molecule has 0 aliphatic carbocycles. The zero-order valence-electron chi connectivity index (χ0n) is 17.6. The van der Waals surface area contributed by atoms with E-state index in [-0.39, 0.29) is 24.0 Å². The van der Waals surface area contributed by atoms with Gasteiger partial charge in [-0.05, 0) is 47.5 Å². The minimum atomic E-state index is -0.369. The molecule has 0 heterocycles. The van der Waals surface area contributed by atoms with Crippen LogP contribution in [0.5, 0.6) is 0 Å². The third-order valence-electron chi connectivity index (χ3n) is 5.20. The van der Waals surface area contributed by atoms with Gasteiger partial charge in [0.15, 0.2) is 5.78 Å². The molecule has 2 N–H and O–H groups in total. The Morgan fingerprint density at radius 2 is 1.47 bits per heavy atom. The average molecular weight is 422 g/mol. The normalized spacial score (nSPS) is 10.5. The van der Waals surface area contributed by atoms with Gasteiger partial charge in [-0.15, -0.1) is 0 Å². The van der Waals surface area contributed by atoms with Gasteiger partial charge in [-0.25, -0.2) is 0 Å². The van der Waals surface area contributed by atoms with Gasteiger partial charge in [0.05, 0.1) is 17.7 Å². The molecule has 0 bridgehead atoms. The van der Waals surface area contributed by atoms with Gasteiger partial charge in [-0.2, -0.15) is 0 Å². The molecule has 0 atom stereocenters. The lowest BCUT2D eigenvalue weighted by Crippen LogP contribution is -2.19. The number of hydrogen-bond donors (Lipinski definition) is 2. The van der Waals surface area contributed by atoms with Crippen LogP contribution in [0.3, 0.4) is 0 Å². The minimum absolute atomic E-state index is 0.0813. The smallest absolute Gasteiger partial charge is 0.257 e. The number of benzene rings is 4. The van der Waals surface area contributed by atoms with Gasteiger partial charge in [0.1, 0.15) is 0 Å². The zero-order valence-corrected chi connectivity index (χ0v) is 17.6. The van der Waals surface area contributed by atoms with E-state index in [4.69, 9.17) is 0 Å². The number of ketones is 1. The summed E-state index contributed by atoms with van der Waals surface area (Å²) in [5.41, 5.74) is 2.72. The third kappa shape index (κ3) is 4.73. The summed E-state index contributed by atoms with van der Waals surface area (Å²) in [6.45, 7) is 1.47. The summed E-state index contributed by atoms with van der Waals surface area (Å²) < 4.78 is 0. The van der Waals surface area contributed by atoms with Gasteiger partial charge in [-0.1, -0.05) is 66.7 Å². The molecule has 0 unspecified atom stereocenters. The van der Waals surface area contributed by atoms with E-state index in [1.165, 1.54) is 6.92 Å². The summed E-state index contributed by atoms with van der Waals surface area (Å²) >= 11 is 0. The van der Waals surface area contributed by atoms with Crippen LogP contribution in [0.2, 0.25) is 0 Å². The van der Waals surface area contributed by atoms with Crippen molar-refractivity contribution >= 4 is 39.7 Å². The molecular formula is C27H22N2O3. The first kappa shape index (κ1) is 21.0. The number of hydrogen-bond acceptors (Lipinski definition) is 3. The standard InChI is InChI=1S/C27H22N2O3/c1-18(30)20-10-7-12-22(16-20)28-27(32)24-14-4-5-15-25(24)29-26(31)17-21-11-6-9-19-8-2-3-13-23(19)21/h2-16H,17H2,1H3,(H,28,32)(H,29,31). The second-order valence-corrected chi connectivity index (χ2v) is 7.50. The molecule has 0 saturated heterocycles. The number of amides is 2. The Hall–Kier alpha value is -4.25. The summed E-state index contributed by atoms with van der Waals surface area (Å²) in [6.07, 6.45) is 0.192. The van der Waals surface area contributed by atoms with Crippen molar-refractivity contribution in [3.63, 3.8) is 0 Å². The lowest BCUT2D eigenvalue weighted by molar-refractivity contribution is -0.115. The fourth-order valence-electron chi connectivity index (χ4n) is 3.62. The largest absolute Gasteiger partial charge is 0.325 e. The van der Waals surface area contributed by atoms with Gasteiger partial charge >= 0.3 is 0 Å². The van der Waals surface area contributed by atoms with Gasteiger partial charge in [-0.3, -0.25) is 14.4 Å². The number of fused-ring (bicyclic) bond motifs is 1. The van der Waals surface area contributed by atoms with Crippen LogP contribution in [0.4, 0.5) is 11.4 Å². The number of anilines is 2. The molecule has 0 fully saturated rings. The maximum atomic E-state index is 12.9. The molecule has 158 valence electrons. The van der Waals surface area contributed by atoms with Crippen molar-refractivity contribution in [3.8, 4) is 0 Å². The summed E-state index contributed by atoms with van der Waals surface area (Å²) in [7, 11) is 0. The highest BCUT2D eigenvalue weighted by Crippen LogP contribution is 2.21. The molecule has 4 rings (SSSR count). The van der Waals surface area contributed by atoms with Gasteiger partial charge < -0.3 is 10.6 Å². The Morgan fingerprint density at radius 3 is 2.31 bits per heavy atom. The first-order valence-electron chi connectivity index (χ1n) is 10.3. The molecule has 5 heteroatoms. The van der Waals surface area contributed by atoms with Crippen molar-refractivity contribution in [1.82, 2.24) is 0 Å². The van der Waals surface area contributed by atoms with Crippen molar-refractivity contribution in [2.24, 2.45) is 0 Å². The van der Waals surface area contributed by atoms with E-state index in [2.05, 4.69) is 10.6 Å². The lowest BCUT2D eigenvalue weighted by atomic mass is 10.0. The quantitative estimate of drug-likeness (QED) is 0.404. The maximum Gasteiger partial charge on any atom is 0.257 e. The molecule has 0 radical (unpaired) electrons. The van der Waals surface area contributed by atoms with Crippen molar-refractivity contribution in [2.45, 2.75) is 13.3 Å². The van der Waals surface area contributed by atoms with Crippen LogP contribution in [-0.2, 0) is 11.2 Å². The van der Waals surface area contributed by atoms with E-state index in [0.717, 1.165) is 16.3 Å². The lowest BCUT2D eigenvalue weighted by Gasteiger charge is -2.12. The van der Waals surface area contributed by atoms with Crippen LogP contribution >= 0.6 is 0 Å². The van der Waals surface area contributed by atoms with Crippen LogP contribution in [0.15, 0.2) is 91.0 Å². The Balaban J connectivity index is 1.52. The number of para-hydroxylation sites is 1. The van der Waals surface area contributed by atoms with E-state index in [1.54, 1.807) is 48.5 Å². The predicted molar refractivity (Wildman–Crippen MR) is 127 cm³/mol. The van der Waals surface area contributed by atoms with E-state index in [1.807, 2.05) is 42.5 Å². The van der Waals surface area contributed by atoms with E-state index < -0.39 is 0 Å². The van der Waals surface area contributed by atoms with Crippen LogP contribution in [-0.4, -0.2) is 17.6 Å². The highest BCUT2D eigenvalue weighted by atomic mass is 16.2. The number of carbonyl (C=O) groups is 3. The first-order chi connectivity index (χ1) is 15.5. The molecule has 4 aromatic carbocycles. The Labute approximate surface area is 186 Å². The highest BCUT2D eigenvalue weighted by Gasteiger charge is 2.15. The maximum absolute atomic E-state index is 12.9. The monoisotopic (exact) mass is 422 g/mol. The molecule has 0 aliphatic heterocycles. The Bertz CT molecular complexity index is 1320. The van der Waals surface area contributed by atoms with E-state index in [9.17, 15) is 14.4 Å². The van der Waals surface area contributed by atoms with Crippen molar-refractivity contribution in [2.75, 3.05) is 10.6 Å². The van der Waals surface area contributed by atoms with Gasteiger partial charge in [0.25, 0.3) is 5.91 Å². The molecule has 0 saturated carbocycles. The van der Waals surface area contributed by atoms with Crippen molar-refractivity contribution < 1.29 is 14.4 Å². The predicted octanol–water partition coefficient (Wildman–Crippen LogP) is 5.48. The summed E-state index contributed by atoms with van der Waals surface area (Å²) in [5, 5.41) is 7.77. The molecule has 0 spiro atoms. The fraction of sp³-hybridized carbons (Fsp3) is 0.0741. The second-order valence-electron chi connectivity index (χ2n) is 7.50. The average Bonchev–Trinajstić information content (AvgIpc) is 2.80. The van der Waals surface area contributed by atoms with Crippen LogP contribution < -0.4 is 10.6 Å². The number of nitrogens with one attached hydrogen (secondary N) is 2. The summed E-state index contributed by atoms with van der Waals surface area (Å²) in [6, 6.07) is 27.4. The zero-order chi connectivity index (χ0) is 22.5. The number of carbonyl (C=O) groups excluding carboxylic acids is 3. The molecular weight excluding hydrogens is 400 g/mol. The third-order valence-corrected chi connectivity index (χ3v) is 5.20. The van der Waals surface area contributed by atoms with Crippen LogP contribution in [0, 0.1) is 0 Å². The van der Waals surface area contributed by atoms with E-state index in [0.29, 0.717) is 22.5 Å². The summed E-state index contributed by atoms with van der Waals surface area (Å²) in [4.78, 5) is 37.3.